The maximum absolute atomic E-state index is 13.6. The Morgan fingerprint density at radius 2 is 2.06 bits per heavy atom. The Kier molecular flexibility index (Phi) is 5.08. The molecule has 96 valence electrons. The monoisotopic (exact) mass is 260 g/mol. The molecule has 0 saturated carbocycles. The molecule has 5 heteroatoms. The smallest absolute Gasteiger partial charge is 0.180 e. The molecule has 0 bridgehead atoms. The van der Waals surface area contributed by atoms with Crippen LogP contribution in [-0.2, 0) is 21.0 Å². The Bertz CT molecular complexity index is 469. The average Bonchev–Trinajstić information content (AvgIpc) is 2.29. The largest absolute Gasteiger partial charge is 0.384 e. The van der Waals surface area contributed by atoms with Crippen molar-refractivity contribution in [3.05, 3.63) is 29.6 Å². The summed E-state index contributed by atoms with van der Waals surface area (Å²) in [6.45, 7) is 2.06. The maximum Gasteiger partial charge on any atom is 0.180 e. The van der Waals surface area contributed by atoms with Crippen molar-refractivity contribution >= 4 is 9.84 Å². The van der Waals surface area contributed by atoms with E-state index in [0.717, 1.165) is 12.5 Å². The topological polar surface area (TPSA) is 43.4 Å². The van der Waals surface area contributed by atoms with Gasteiger partial charge in [0.1, 0.15) is 5.82 Å². The standard InChI is InChI=1S/C12H17FO3S/c1-3-4-10-5-6-11(9-12(10)13)17(14,15)8-7-16-2/h5-6,9H,3-4,7-8H2,1-2H3. The van der Waals surface area contributed by atoms with Crippen LogP contribution < -0.4 is 0 Å². The first-order chi connectivity index (χ1) is 8.01. The predicted molar refractivity (Wildman–Crippen MR) is 64.3 cm³/mol. The molecule has 17 heavy (non-hydrogen) atoms. The van der Waals surface area contributed by atoms with Crippen molar-refractivity contribution in [3.8, 4) is 0 Å². The van der Waals surface area contributed by atoms with Crippen LogP contribution >= 0.6 is 0 Å². The molecule has 1 aromatic rings. The van der Waals surface area contributed by atoms with Gasteiger partial charge in [-0.2, -0.15) is 0 Å². The minimum atomic E-state index is -3.44. The van der Waals surface area contributed by atoms with Crippen molar-refractivity contribution in [1.29, 1.82) is 0 Å². The van der Waals surface area contributed by atoms with Gasteiger partial charge in [-0.15, -0.1) is 0 Å². The Morgan fingerprint density at radius 1 is 1.35 bits per heavy atom. The second kappa shape index (κ2) is 6.12. The van der Waals surface area contributed by atoms with Gasteiger partial charge in [0.25, 0.3) is 0 Å². The van der Waals surface area contributed by atoms with E-state index in [2.05, 4.69) is 0 Å². The quantitative estimate of drug-likeness (QED) is 0.787. The van der Waals surface area contributed by atoms with Crippen molar-refractivity contribution in [1.82, 2.24) is 0 Å². The summed E-state index contributed by atoms with van der Waals surface area (Å²) in [6, 6.07) is 4.09. The van der Waals surface area contributed by atoms with Crippen LogP contribution in [0.1, 0.15) is 18.9 Å². The second-order valence-electron chi connectivity index (χ2n) is 3.81. The number of hydrogen-bond donors (Lipinski definition) is 0. The number of sulfone groups is 1. The van der Waals surface area contributed by atoms with Crippen LogP contribution in [0.5, 0.6) is 0 Å². The molecule has 0 saturated heterocycles. The van der Waals surface area contributed by atoms with Crippen LogP contribution in [0.2, 0.25) is 0 Å². The highest BCUT2D eigenvalue weighted by Gasteiger charge is 2.15. The normalized spacial score (nSPS) is 11.7. The van der Waals surface area contributed by atoms with Gasteiger partial charge in [0, 0.05) is 7.11 Å². The number of halogens is 1. The molecule has 0 aliphatic carbocycles. The summed E-state index contributed by atoms with van der Waals surface area (Å²) in [7, 11) is -2.01. The summed E-state index contributed by atoms with van der Waals surface area (Å²) < 4.78 is 41.8. The third-order valence-corrected chi connectivity index (χ3v) is 4.14. The first-order valence-corrected chi connectivity index (χ1v) is 7.16. The molecule has 0 unspecified atom stereocenters. The Morgan fingerprint density at radius 3 is 2.59 bits per heavy atom. The molecule has 0 aromatic heterocycles. The number of benzene rings is 1. The van der Waals surface area contributed by atoms with Crippen molar-refractivity contribution in [2.45, 2.75) is 24.7 Å². The van der Waals surface area contributed by atoms with Crippen LogP contribution in [0.25, 0.3) is 0 Å². The van der Waals surface area contributed by atoms with Gasteiger partial charge >= 0.3 is 0 Å². The summed E-state index contributed by atoms with van der Waals surface area (Å²) in [5, 5.41) is 0. The highest BCUT2D eigenvalue weighted by atomic mass is 32.2. The molecule has 0 radical (unpaired) electrons. The number of ether oxygens (including phenoxy) is 1. The molecule has 3 nitrogen and oxygen atoms in total. The van der Waals surface area contributed by atoms with E-state index >= 15 is 0 Å². The fraction of sp³-hybridized carbons (Fsp3) is 0.500. The lowest BCUT2D eigenvalue weighted by Gasteiger charge is -2.06. The molecule has 0 amide bonds. The van der Waals surface area contributed by atoms with E-state index in [1.54, 1.807) is 6.07 Å². The average molecular weight is 260 g/mol. The lowest BCUT2D eigenvalue weighted by molar-refractivity contribution is 0.217. The van der Waals surface area contributed by atoms with E-state index < -0.39 is 15.7 Å². The van der Waals surface area contributed by atoms with Gasteiger partial charge in [-0.3, -0.25) is 0 Å². The van der Waals surface area contributed by atoms with Crippen molar-refractivity contribution in [2.75, 3.05) is 19.5 Å². The Balaban J connectivity index is 2.96. The van der Waals surface area contributed by atoms with Crippen LogP contribution in [0.3, 0.4) is 0 Å². The fourth-order valence-electron chi connectivity index (χ4n) is 1.50. The minimum Gasteiger partial charge on any atom is -0.384 e. The molecule has 1 aromatic carbocycles. The predicted octanol–water partition coefficient (Wildman–Crippen LogP) is 2.20. The van der Waals surface area contributed by atoms with Gasteiger partial charge in [0.2, 0.25) is 0 Å². The molecular formula is C12H17FO3S. The van der Waals surface area contributed by atoms with E-state index in [9.17, 15) is 12.8 Å². The number of rotatable bonds is 6. The maximum atomic E-state index is 13.6. The summed E-state index contributed by atoms with van der Waals surface area (Å²) in [5.74, 6) is -0.582. The summed E-state index contributed by atoms with van der Waals surface area (Å²) in [6.07, 6.45) is 1.44. The molecular weight excluding hydrogens is 243 g/mol. The molecule has 1 rings (SSSR count). The summed E-state index contributed by atoms with van der Waals surface area (Å²) >= 11 is 0. The van der Waals surface area contributed by atoms with E-state index in [1.807, 2.05) is 6.92 Å². The SMILES string of the molecule is CCCc1ccc(S(=O)(=O)CCOC)cc1F. The van der Waals surface area contributed by atoms with Gasteiger partial charge in [0.05, 0.1) is 17.3 Å². The van der Waals surface area contributed by atoms with E-state index in [1.165, 1.54) is 13.2 Å². The molecule has 0 aliphatic heterocycles. The second-order valence-corrected chi connectivity index (χ2v) is 5.92. The van der Waals surface area contributed by atoms with Crippen LogP contribution in [0, 0.1) is 5.82 Å². The lowest BCUT2D eigenvalue weighted by Crippen LogP contribution is -2.12. The zero-order valence-corrected chi connectivity index (χ0v) is 10.9. The molecule has 0 aliphatic rings. The Hall–Kier alpha value is -0.940. The number of hydrogen-bond acceptors (Lipinski definition) is 3. The van der Waals surface area contributed by atoms with Gasteiger partial charge in [0.15, 0.2) is 9.84 Å². The third-order valence-electron chi connectivity index (χ3n) is 2.46. The van der Waals surface area contributed by atoms with E-state index in [0.29, 0.717) is 12.0 Å². The van der Waals surface area contributed by atoms with Crippen molar-refractivity contribution in [3.63, 3.8) is 0 Å². The minimum absolute atomic E-state index is 0.0203. The molecule has 0 heterocycles. The lowest BCUT2D eigenvalue weighted by atomic mass is 10.1. The molecule has 0 atom stereocenters. The highest BCUT2D eigenvalue weighted by Crippen LogP contribution is 2.17. The van der Waals surface area contributed by atoms with Crippen molar-refractivity contribution < 1.29 is 17.5 Å². The van der Waals surface area contributed by atoms with E-state index in [4.69, 9.17) is 4.74 Å². The number of methoxy groups -OCH3 is 1. The van der Waals surface area contributed by atoms with Gasteiger partial charge in [-0.25, -0.2) is 12.8 Å². The first-order valence-electron chi connectivity index (χ1n) is 5.51. The molecule has 0 fully saturated rings. The Labute approximate surface area is 102 Å². The molecule has 0 spiro atoms. The zero-order valence-electron chi connectivity index (χ0n) is 10.1. The van der Waals surface area contributed by atoms with Gasteiger partial charge in [-0.1, -0.05) is 19.4 Å². The summed E-state index contributed by atoms with van der Waals surface area (Å²) in [5.41, 5.74) is 0.554. The fourth-order valence-corrected chi connectivity index (χ4v) is 2.68. The number of aryl methyl sites for hydroxylation is 1. The van der Waals surface area contributed by atoms with Crippen LogP contribution in [0.15, 0.2) is 23.1 Å². The van der Waals surface area contributed by atoms with Crippen LogP contribution in [0.4, 0.5) is 4.39 Å². The van der Waals surface area contributed by atoms with Gasteiger partial charge < -0.3 is 4.74 Å². The first kappa shape index (κ1) is 14.1. The molecule has 0 N–H and O–H groups in total. The van der Waals surface area contributed by atoms with Crippen LogP contribution in [-0.4, -0.2) is 27.9 Å². The van der Waals surface area contributed by atoms with Gasteiger partial charge in [-0.05, 0) is 24.1 Å². The zero-order chi connectivity index (χ0) is 12.9. The summed E-state index contributed by atoms with van der Waals surface area (Å²) in [4.78, 5) is 0.0203. The third kappa shape index (κ3) is 3.78. The van der Waals surface area contributed by atoms with Crippen molar-refractivity contribution in [2.24, 2.45) is 0 Å². The van der Waals surface area contributed by atoms with E-state index in [-0.39, 0.29) is 17.3 Å². The highest BCUT2D eigenvalue weighted by molar-refractivity contribution is 7.91.